The van der Waals surface area contributed by atoms with Gasteiger partial charge in [0.15, 0.2) is 0 Å². The van der Waals surface area contributed by atoms with E-state index in [9.17, 15) is 14.7 Å². The first-order chi connectivity index (χ1) is 9.00. The minimum atomic E-state index is -0.718. The molecule has 0 radical (unpaired) electrons. The predicted octanol–water partition coefficient (Wildman–Crippen LogP) is -0.988. The summed E-state index contributed by atoms with van der Waals surface area (Å²) >= 11 is 0. The Balaban J connectivity index is 1.76. The number of likely N-dealkylation sites (N-methyl/N-ethyl adjacent to an activating group) is 1. The number of carbonyl (C=O) groups is 2. The molecule has 2 rings (SSSR count). The fourth-order valence-corrected chi connectivity index (χ4v) is 2.44. The van der Waals surface area contributed by atoms with Gasteiger partial charge in [-0.3, -0.25) is 9.69 Å². The molecule has 0 bridgehead atoms. The maximum Gasteiger partial charge on any atom is 0.324 e. The molecule has 7 heteroatoms. The zero-order valence-corrected chi connectivity index (χ0v) is 11.2. The topological polar surface area (TPSA) is 82.1 Å². The van der Waals surface area contributed by atoms with Crippen LogP contribution in [0.2, 0.25) is 0 Å². The van der Waals surface area contributed by atoms with Crippen molar-refractivity contribution in [1.82, 2.24) is 15.1 Å². The lowest BCUT2D eigenvalue weighted by Crippen LogP contribution is -2.47. The molecule has 0 unspecified atom stereocenters. The zero-order valence-electron chi connectivity index (χ0n) is 11.2. The number of ether oxygens (including phenoxy) is 1. The quantitative estimate of drug-likeness (QED) is 0.628. The summed E-state index contributed by atoms with van der Waals surface area (Å²) < 4.78 is 5.23. The number of nitrogens with zero attached hydrogens (tertiary/aromatic N) is 2. The van der Waals surface area contributed by atoms with Crippen molar-refractivity contribution in [3.63, 3.8) is 0 Å². The number of carbonyl (C=O) groups excluding carboxylic acids is 2. The van der Waals surface area contributed by atoms with Gasteiger partial charge >= 0.3 is 6.03 Å². The molecule has 2 N–H and O–H groups in total. The van der Waals surface area contributed by atoms with E-state index in [4.69, 9.17) is 4.74 Å². The van der Waals surface area contributed by atoms with Gasteiger partial charge in [-0.05, 0) is 7.05 Å². The largest absolute Gasteiger partial charge is 0.388 e. The highest BCUT2D eigenvalue weighted by molar-refractivity contribution is 6.01. The Bertz CT molecular complexity index is 339. The molecule has 19 heavy (non-hydrogen) atoms. The van der Waals surface area contributed by atoms with E-state index in [1.807, 2.05) is 11.9 Å². The minimum absolute atomic E-state index is 0.0871. The first kappa shape index (κ1) is 14.2. The van der Waals surface area contributed by atoms with Crippen LogP contribution in [0, 0.1) is 0 Å². The maximum absolute atomic E-state index is 11.4. The van der Waals surface area contributed by atoms with Gasteiger partial charge in [0.1, 0.15) is 0 Å². The van der Waals surface area contributed by atoms with Gasteiger partial charge in [-0.1, -0.05) is 0 Å². The molecular formula is C12H21N3O4. The van der Waals surface area contributed by atoms with Crippen LogP contribution in [0.15, 0.2) is 0 Å². The molecule has 2 heterocycles. The Hall–Kier alpha value is -1.18. The van der Waals surface area contributed by atoms with Gasteiger partial charge < -0.3 is 20.1 Å². The molecule has 0 saturated carbocycles. The second-order valence-corrected chi connectivity index (χ2v) is 5.28. The van der Waals surface area contributed by atoms with Crippen LogP contribution in [0.5, 0.6) is 0 Å². The van der Waals surface area contributed by atoms with Gasteiger partial charge in [-0.25, -0.2) is 4.79 Å². The summed E-state index contributed by atoms with van der Waals surface area (Å²) in [4.78, 5) is 25.9. The van der Waals surface area contributed by atoms with Crippen LogP contribution in [0.25, 0.3) is 0 Å². The summed E-state index contributed by atoms with van der Waals surface area (Å²) in [6.07, 6.45) is 1.25. The first-order valence-electron chi connectivity index (χ1n) is 6.57. The number of urea groups is 1. The van der Waals surface area contributed by atoms with Gasteiger partial charge in [0, 0.05) is 45.7 Å². The van der Waals surface area contributed by atoms with E-state index < -0.39 is 5.60 Å². The summed E-state index contributed by atoms with van der Waals surface area (Å²) in [5, 5.41) is 12.8. The van der Waals surface area contributed by atoms with Crippen LogP contribution in [0.3, 0.4) is 0 Å². The molecule has 0 spiro atoms. The molecule has 0 aromatic rings. The Kier molecular flexibility index (Phi) is 4.38. The Morgan fingerprint density at radius 2 is 2.11 bits per heavy atom. The number of nitrogens with one attached hydrogen (secondary N) is 1. The predicted molar refractivity (Wildman–Crippen MR) is 67.6 cm³/mol. The van der Waals surface area contributed by atoms with Crippen LogP contribution in [-0.4, -0.2) is 78.9 Å². The van der Waals surface area contributed by atoms with Crippen molar-refractivity contribution in [1.29, 1.82) is 0 Å². The summed E-state index contributed by atoms with van der Waals surface area (Å²) in [6, 6.07) is -0.330. The first-order valence-corrected chi connectivity index (χ1v) is 6.57. The van der Waals surface area contributed by atoms with Gasteiger partial charge in [0.25, 0.3) is 0 Å². The van der Waals surface area contributed by atoms with Gasteiger partial charge in [-0.15, -0.1) is 0 Å². The SMILES string of the molecule is CN(CCN1C(=O)CNC1=O)CC1(O)CCOCC1. The Morgan fingerprint density at radius 1 is 1.42 bits per heavy atom. The number of hydrogen-bond acceptors (Lipinski definition) is 5. The average molecular weight is 271 g/mol. The smallest absolute Gasteiger partial charge is 0.324 e. The van der Waals surface area contributed by atoms with Crippen LogP contribution < -0.4 is 5.32 Å². The summed E-state index contributed by atoms with van der Waals surface area (Å²) in [6.45, 7) is 2.69. The number of hydrogen-bond donors (Lipinski definition) is 2. The molecule has 0 aliphatic carbocycles. The maximum atomic E-state index is 11.4. The highest BCUT2D eigenvalue weighted by atomic mass is 16.5. The Labute approximate surface area is 112 Å². The molecule has 0 atom stereocenters. The minimum Gasteiger partial charge on any atom is -0.388 e. The average Bonchev–Trinajstić information content (AvgIpc) is 2.67. The third kappa shape index (κ3) is 3.65. The third-order valence-electron chi connectivity index (χ3n) is 3.63. The monoisotopic (exact) mass is 271 g/mol. The van der Waals surface area contributed by atoms with Crippen LogP contribution in [0.1, 0.15) is 12.8 Å². The molecule has 0 aromatic carbocycles. The van der Waals surface area contributed by atoms with Crippen molar-refractivity contribution in [2.75, 3.05) is 46.4 Å². The molecule has 108 valence electrons. The van der Waals surface area contributed by atoms with Crippen LogP contribution in [-0.2, 0) is 9.53 Å². The van der Waals surface area contributed by atoms with E-state index in [0.717, 1.165) is 0 Å². The molecule has 7 nitrogen and oxygen atoms in total. The summed E-state index contributed by atoms with van der Waals surface area (Å²) in [5.74, 6) is -0.192. The van der Waals surface area contributed by atoms with Crippen molar-refractivity contribution in [2.24, 2.45) is 0 Å². The van der Waals surface area contributed by atoms with E-state index in [-0.39, 0.29) is 18.5 Å². The lowest BCUT2D eigenvalue weighted by atomic mass is 9.94. The van der Waals surface area contributed by atoms with Crippen molar-refractivity contribution >= 4 is 11.9 Å². The van der Waals surface area contributed by atoms with Crippen molar-refractivity contribution in [3.8, 4) is 0 Å². The standard InChI is InChI=1S/C12H21N3O4/c1-14(9-12(18)2-6-19-7-3-12)4-5-15-10(16)8-13-11(15)17/h18H,2-9H2,1H3,(H,13,17). The molecular weight excluding hydrogens is 250 g/mol. The number of aliphatic hydroxyl groups is 1. The summed E-state index contributed by atoms with van der Waals surface area (Å²) in [7, 11) is 1.88. The van der Waals surface area contributed by atoms with E-state index in [2.05, 4.69) is 5.32 Å². The molecule has 2 aliphatic rings. The van der Waals surface area contributed by atoms with E-state index in [1.165, 1.54) is 4.90 Å². The van der Waals surface area contributed by atoms with Gasteiger partial charge in [0.2, 0.25) is 5.91 Å². The fourth-order valence-electron chi connectivity index (χ4n) is 2.44. The molecule has 2 saturated heterocycles. The molecule has 2 aliphatic heterocycles. The van der Waals surface area contributed by atoms with E-state index in [0.29, 0.717) is 45.7 Å². The summed E-state index contributed by atoms with van der Waals surface area (Å²) in [5.41, 5.74) is -0.718. The zero-order chi connectivity index (χ0) is 13.9. The molecule has 3 amide bonds. The molecule has 0 aromatic heterocycles. The lowest BCUT2D eigenvalue weighted by molar-refractivity contribution is -0.125. The van der Waals surface area contributed by atoms with Crippen molar-refractivity contribution in [2.45, 2.75) is 18.4 Å². The second kappa shape index (κ2) is 5.85. The highest BCUT2D eigenvalue weighted by Crippen LogP contribution is 2.21. The number of imide groups is 1. The van der Waals surface area contributed by atoms with Crippen LogP contribution in [0.4, 0.5) is 4.79 Å². The van der Waals surface area contributed by atoms with Gasteiger partial charge in [0.05, 0.1) is 12.1 Å². The highest BCUT2D eigenvalue weighted by Gasteiger charge is 2.32. The van der Waals surface area contributed by atoms with Gasteiger partial charge in [-0.2, -0.15) is 0 Å². The van der Waals surface area contributed by atoms with Crippen molar-refractivity contribution < 1.29 is 19.4 Å². The third-order valence-corrected chi connectivity index (χ3v) is 3.63. The number of rotatable bonds is 5. The van der Waals surface area contributed by atoms with E-state index in [1.54, 1.807) is 0 Å². The second-order valence-electron chi connectivity index (χ2n) is 5.28. The van der Waals surface area contributed by atoms with E-state index >= 15 is 0 Å². The van der Waals surface area contributed by atoms with Crippen molar-refractivity contribution in [3.05, 3.63) is 0 Å². The lowest BCUT2D eigenvalue weighted by Gasteiger charge is -2.35. The number of amides is 3. The molecule has 2 fully saturated rings. The van der Waals surface area contributed by atoms with Crippen LogP contribution >= 0.6 is 0 Å². The normalized spacial score (nSPS) is 23.0. The Morgan fingerprint density at radius 3 is 2.68 bits per heavy atom. The fraction of sp³-hybridized carbons (Fsp3) is 0.833.